The first-order valence-electron chi connectivity index (χ1n) is 6.87. The molecule has 1 aliphatic rings. The maximum atomic E-state index is 11.8. The molecule has 0 radical (unpaired) electrons. The van der Waals surface area contributed by atoms with Gasteiger partial charge < -0.3 is 20.1 Å². The van der Waals surface area contributed by atoms with Gasteiger partial charge in [-0.05, 0) is 13.3 Å². The third-order valence-electron chi connectivity index (χ3n) is 3.25. The zero-order valence-corrected chi connectivity index (χ0v) is 13.0. The highest BCUT2D eigenvalue weighted by Gasteiger charge is 2.19. The van der Waals surface area contributed by atoms with Crippen molar-refractivity contribution in [2.24, 2.45) is 0 Å². The highest BCUT2D eigenvalue weighted by atomic mass is 32.2. The van der Waals surface area contributed by atoms with E-state index in [4.69, 9.17) is 4.74 Å². The van der Waals surface area contributed by atoms with Crippen molar-refractivity contribution in [1.82, 2.24) is 10.2 Å². The van der Waals surface area contributed by atoms with Gasteiger partial charge in [0.05, 0.1) is 30.3 Å². The van der Waals surface area contributed by atoms with Crippen molar-refractivity contribution in [3.05, 3.63) is 0 Å². The number of morpholine rings is 1. The molecule has 6 nitrogen and oxygen atoms in total. The van der Waals surface area contributed by atoms with Gasteiger partial charge in [-0.3, -0.25) is 9.59 Å². The predicted octanol–water partition coefficient (Wildman–Crippen LogP) is -0.144. The van der Waals surface area contributed by atoms with Crippen LogP contribution >= 0.6 is 11.8 Å². The van der Waals surface area contributed by atoms with Crippen LogP contribution in [-0.4, -0.2) is 71.8 Å². The third kappa shape index (κ3) is 6.58. The normalized spacial score (nSPS) is 18.4. The summed E-state index contributed by atoms with van der Waals surface area (Å²) in [4.78, 5) is 25.2. The van der Waals surface area contributed by atoms with Crippen molar-refractivity contribution in [3.8, 4) is 0 Å². The molecule has 0 aromatic heterocycles. The molecule has 0 spiro atoms. The lowest BCUT2D eigenvalue weighted by atomic mass is 10.0. The molecule has 116 valence electrons. The summed E-state index contributed by atoms with van der Waals surface area (Å²) >= 11 is 1.30. The molecule has 0 aromatic carbocycles. The van der Waals surface area contributed by atoms with E-state index in [1.807, 2.05) is 6.92 Å². The predicted molar refractivity (Wildman–Crippen MR) is 78.6 cm³/mol. The SMILES string of the molecule is CCC(C)(O)CNC(=O)CSCC(=O)N1CCOCC1. The average Bonchev–Trinajstić information content (AvgIpc) is 2.46. The second kappa shape index (κ2) is 8.49. The fraction of sp³-hybridized carbons (Fsp3) is 0.846. The first kappa shape index (κ1) is 17.3. The number of aliphatic hydroxyl groups is 1. The largest absolute Gasteiger partial charge is 0.388 e. The summed E-state index contributed by atoms with van der Waals surface area (Å²) in [6, 6.07) is 0. The Bertz CT molecular complexity index is 330. The van der Waals surface area contributed by atoms with Crippen molar-refractivity contribution >= 4 is 23.6 Å². The third-order valence-corrected chi connectivity index (χ3v) is 4.17. The molecular weight excluding hydrogens is 280 g/mol. The van der Waals surface area contributed by atoms with E-state index in [-0.39, 0.29) is 24.1 Å². The molecule has 20 heavy (non-hydrogen) atoms. The van der Waals surface area contributed by atoms with Crippen LogP contribution in [0.15, 0.2) is 0 Å². The number of ether oxygens (including phenoxy) is 1. The first-order valence-corrected chi connectivity index (χ1v) is 8.02. The van der Waals surface area contributed by atoms with E-state index < -0.39 is 5.60 Å². The lowest BCUT2D eigenvalue weighted by Crippen LogP contribution is -2.42. The number of hydrogen-bond acceptors (Lipinski definition) is 5. The van der Waals surface area contributed by atoms with Crippen LogP contribution in [0.2, 0.25) is 0 Å². The summed E-state index contributed by atoms with van der Waals surface area (Å²) in [5, 5.41) is 12.4. The first-order chi connectivity index (χ1) is 9.44. The number of nitrogens with one attached hydrogen (secondary N) is 1. The molecule has 1 aliphatic heterocycles. The molecule has 0 bridgehead atoms. The second-order valence-electron chi connectivity index (χ2n) is 5.11. The zero-order chi connectivity index (χ0) is 15.0. The molecule has 1 unspecified atom stereocenters. The Balaban J connectivity index is 2.13. The zero-order valence-electron chi connectivity index (χ0n) is 12.2. The Morgan fingerprint density at radius 3 is 2.60 bits per heavy atom. The molecule has 0 aromatic rings. The van der Waals surface area contributed by atoms with Crippen molar-refractivity contribution in [2.45, 2.75) is 25.9 Å². The second-order valence-corrected chi connectivity index (χ2v) is 6.10. The van der Waals surface area contributed by atoms with E-state index in [1.165, 1.54) is 11.8 Å². The van der Waals surface area contributed by atoms with Crippen LogP contribution in [-0.2, 0) is 14.3 Å². The summed E-state index contributed by atoms with van der Waals surface area (Å²) in [6.45, 7) is 6.21. The highest BCUT2D eigenvalue weighted by molar-refractivity contribution is 8.00. The van der Waals surface area contributed by atoms with E-state index in [2.05, 4.69) is 5.32 Å². The minimum atomic E-state index is -0.871. The topological polar surface area (TPSA) is 78.9 Å². The summed E-state index contributed by atoms with van der Waals surface area (Å²) < 4.78 is 5.18. The lowest BCUT2D eigenvalue weighted by Gasteiger charge is -2.26. The fourth-order valence-corrected chi connectivity index (χ4v) is 2.35. The van der Waals surface area contributed by atoms with Crippen molar-refractivity contribution in [1.29, 1.82) is 0 Å². The molecule has 0 aliphatic carbocycles. The van der Waals surface area contributed by atoms with Gasteiger partial charge >= 0.3 is 0 Å². The van der Waals surface area contributed by atoms with Crippen LogP contribution in [0.5, 0.6) is 0 Å². The molecule has 2 amide bonds. The Morgan fingerprint density at radius 1 is 1.35 bits per heavy atom. The highest BCUT2D eigenvalue weighted by Crippen LogP contribution is 2.07. The summed E-state index contributed by atoms with van der Waals surface area (Å²) in [7, 11) is 0. The fourth-order valence-electron chi connectivity index (χ4n) is 1.60. The Labute approximate surface area is 124 Å². The van der Waals surface area contributed by atoms with Gasteiger partial charge in [-0.2, -0.15) is 0 Å². The number of carbonyl (C=O) groups is 2. The molecule has 1 atom stereocenters. The molecule has 1 heterocycles. The standard InChI is InChI=1S/C13H24N2O4S/c1-3-13(2,18)10-14-11(16)8-20-9-12(17)15-4-6-19-7-5-15/h18H,3-10H2,1-2H3,(H,14,16). The number of amides is 2. The van der Waals surface area contributed by atoms with Gasteiger partial charge in [0, 0.05) is 19.6 Å². The number of thioether (sulfide) groups is 1. The van der Waals surface area contributed by atoms with E-state index in [0.29, 0.717) is 38.5 Å². The van der Waals surface area contributed by atoms with Crippen molar-refractivity contribution in [3.63, 3.8) is 0 Å². The molecule has 7 heteroatoms. The van der Waals surface area contributed by atoms with Gasteiger partial charge in [-0.1, -0.05) is 6.92 Å². The van der Waals surface area contributed by atoms with E-state index in [1.54, 1.807) is 11.8 Å². The van der Waals surface area contributed by atoms with E-state index in [0.717, 1.165) is 0 Å². The quantitative estimate of drug-likeness (QED) is 0.684. The van der Waals surface area contributed by atoms with Crippen LogP contribution in [0.3, 0.4) is 0 Å². The van der Waals surface area contributed by atoms with Gasteiger partial charge in [0.25, 0.3) is 0 Å². The number of carbonyl (C=O) groups excluding carboxylic acids is 2. The summed E-state index contributed by atoms with van der Waals surface area (Å²) in [6.07, 6.45) is 0.579. The molecular formula is C13H24N2O4S. The van der Waals surface area contributed by atoms with Crippen LogP contribution in [0.1, 0.15) is 20.3 Å². The minimum Gasteiger partial charge on any atom is -0.388 e. The number of rotatable bonds is 7. The molecule has 1 fully saturated rings. The van der Waals surface area contributed by atoms with Crippen molar-refractivity contribution < 1.29 is 19.4 Å². The smallest absolute Gasteiger partial charge is 0.232 e. The van der Waals surface area contributed by atoms with Gasteiger partial charge in [0.2, 0.25) is 11.8 Å². The summed E-state index contributed by atoms with van der Waals surface area (Å²) in [5.41, 5.74) is -0.871. The maximum Gasteiger partial charge on any atom is 0.232 e. The van der Waals surface area contributed by atoms with Gasteiger partial charge in [-0.15, -0.1) is 11.8 Å². The molecule has 1 saturated heterocycles. The van der Waals surface area contributed by atoms with E-state index >= 15 is 0 Å². The van der Waals surface area contributed by atoms with Crippen LogP contribution in [0.4, 0.5) is 0 Å². The maximum absolute atomic E-state index is 11.8. The average molecular weight is 304 g/mol. The van der Waals surface area contributed by atoms with Crippen LogP contribution in [0, 0.1) is 0 Å². The Kier molecular flexibility index (Phi) is 7.32. The van der Waals surface area contributed by atoms with Crippen molar-refractivity contribution in [2.75, 3.05) is 44.4 Å². The molecule has 2 N–H and O–H groups in total. The van der Waals surface area contributed by atoms with E-state index in [9.17, 15) is 14.7 Å². The molecule has 0 saturated carbocycles. The van der Waals surface area contributed by atoms with Crippen LogP contribution in [0.25, 0.3) is 0 Å². The van der Waals surface area contributed by atoms with Gasteiger partial charge in [0.1, 0.15) is 0 Å². The molecule has 1 rings (SSSR count). The summed E-state index contributed by atoms with van der Waals surface area (Å²) in [5.74, 6) is 0.429. The van der Waals surface area contributed by atoms with Crippen LogP contribution < -0.4 is 5.32 Å². The van der Waals surface area contributed by atoms with Gasteiger partial charge in [-0.25, -0.2) is 0 Å². The lowest BCUT2D eigenvalue weighted by molar-refractivity contribution is -0.132. The Hall–Kier alpha value is -0.790. The number of nitrogens with zero attached hydrogens (tertiary/aromatic N) is 1. The minimum absolute atomic E-state index is 0.0478. The van der Waals surface area contributed by atoms with Gasteiger partial charge in [0.15, 0.2) is 0 Å². The Morgan fingerprint density at radius 2 is 2.00 bits per heavy atom. The monoisotopic (exact) mass is 304 g/mol. The number of hydrogen-bond donors (Lipinski definition) is 2.